The zero-order chi connectivity index (χ0) is 10.4. The van der Waals surface area contributed by atoms with Gasteiger partial charge in [-0.15, -0.1) is 0 Å². The Morgan fingerprint density at radius 1 is 1.53 bits per heavy atom. The lowest BCUT2D eigenvalue weighted by Crippen LogP contribution is -2.32. The van der Waals surface area contributed by atoms with Crippen LogP contribution >= 0.6 is 0 Å². The topological polar surface area (TPSA) is 29.3 Å². The molecule has 1 saturated heterocycles. The molecule has 1 fully saturated rings. The molecule has 2 bridgehead atoms. The van der Waals surface area contributed by atoms with Gasteiger partial charge < -0.3 is 5.32 Å². The first-order valence-corrected chi connectivity index (χ1v) is 5.10. The van der Waals surface area contributed by atoms with E-state index in [0.717, 1.165) is 18.4 Å². The van der Waals surface area contributed by atoms with Gasteiger partial charge in [0.1, 0.15) is 0 Å². The lowest BCUT2D eigenvalue weighted by atomic mass is 9.95. The van der Waals surface area contributed by atoms with E-state index in [-0.39, 0.29) is 6.04 Å². The number of aromatic nitrogens is 1. The number of fused-ring (bicyclic) bond motifs is 4. The molecule has 4 heteroatoms. The summed E-state index contributed by atoms with van der Waals surface area (Å²) in [7, 11) is 0. The maximum absolute atomic E-state index is 13.5. The number of halogens is 1. The molecule has 2 aliphatic heterocycles. The molecule has 2 atom stereocenters. The van der Waals surface area contributed by atoms with Crippen LogP contribution in [0.15, 0.2) is 6.20 Å². The molecule has 0 spiro atoms. The summed E-state index contributed by atoms with van der Waals surface area (Å²) in [4.78, 5) is 7.07. The quantitative estimate of drug-likeness (QED) is 0.517. The molecule has 76 valence electrons. The smallest absolute Gasteiger partial charge is 0.213 e. The van der Waals surface area contributed by atoms with E-state index < -0.39 is 5.95 Å². The van der Waals surface area contributed by atoms with Gasteiger partial charge in [-0.25, -0.2) is 9.83 Å². The first-order valence-electron chi connectivity index (χ1n) is 5.10. The van der Waals surface area contributed by atoms with Gasteiger partial charge in [0.15, 0.2) is 0 Å². The second-order valence-electron chi connectivity index (χ2n) is 4.14. The van der Waals surface area contributed by atoms with Gasteiger partial charge in [0, 0.05) is 23.8 Å². The fourth-order valence-electron chi connectivity index (χ4n) is 2.66. The molecule has 1 N–H and O–H groups in total. The number of hydrogen-bond acceptors (Lipinski definition) is 2. The fraction of sp³-hybridized carbons (Fsp3) is 0.455. The number of nitrogens with one attached hydrogen (secondary N) is 1. The van der Waals surface area contributed by atoms with Crippen LogP contribution in [0, 0.1) is 12.5 Å². The number of pyridine rings is 1. The molecule has 3 nitrogen and oxygen atoms in total. The van der Waals surface area contributed by atoms with E-state index in [1.807, 2.05) is 0 Å². The third-order valence-electron chi connectivity index (χ3n) is 3.31. The van der Waals surface area contributed by atoms with Crippen molar-refractivity contribution in [1.29, 1.82) is 0 Å². The van der Waals surface area contributed by atoms with Gasteiger partial charge in [-0.05, 0) is 24.8 Å². The lowest BCUT2D eigenvalue weighted by Gasteiger charge is -2.25. The molecule has 0 aromatic carbocycles. The van der Waals surface area contributed by atoms with Crippen LogP contribution < -0.4 is 5.32 Å². The average Bonchev–Trinajstić information content (AvgIpc) is 2.63. The Kier molecular flexibility index (Phi) is 1.77. The third kappa shape index (κ3) is 1.17. The van der Waals surface area contributed by atoms with Crippen molar-refractivity contribution in [3.05, 3.63) is 34.7 Å². The first-order chi connectivity index (χ1) is 7.29. The first kappa shape index (κ1) is 8.81. The summed E-state index contributed by atoms with van der Waals surface area (Å²) in [5, 5.41) is 3.41. The second kappa shape index (κ2) is 3.01. The Balaban J connectivity index is 2.24. The van der Waals surface area contributed by atoms with Crippen molar-refractivity contribution in [2.45, 2.75) is 31.3 Å². The zero-order valence-corrected chi connectivity index (χ0v) is 8.13. The summed E-state index contributed by atoms with van der Waals surface area (Å²) in [5.74, 6) is -0.393. The van der Waals surface area contributed by atoms with Crippen molar-refractivity contribution in [3.63, 3.8) is 0 Å². The summed E-state index contributed by atoms with van der Waals surface area (Å²) >= 11 is 0. The van der Waals surface area contributed by atoms with E-state index in [1.165, 1.54) is 6.20 Å². The van der Waals surface area contributed by atoms with E-state index in [0.29, 0.717) is 23.7 Å². The summed E-state index contributed by atoms with van der Waals surface area (Å²) in [6.07, 6.45) is 4.09. The molecule has 0 aliphatic carbocycles. The van der Waals surface area contributed by atoms with Crippen LogP contribution in [0.25, 0.3) is 4.85 Å². The number of hydrogen-bond donors (Lipinski definition) is 1. The number of nitrogens with zero attached hydrogens (tertiary/aromatic N) is 2. The van der Waals surface area contributed by atoms with Crippen molar-refractivity contribution in [3.8, 4) is 0 Å². The molecule has 0 saturated carbocycles. The minimum absolute atomic E-state index is 0.167. The van der Waals surface area contributed by atoms with Crippen molar-refractivity contribution >= 4 is 5.69 Å². The van der Waals surface area contributed by atoms with Crippen LogP contribution in [-0.2, 0) is 6.42 Å². The van der Waals surface area contributed by atoms with Crippen LogP contribution in [0.4, 0.5) is 10.1 Å². The lowest BCUT2D eigenvalue weighted by molar-refractivity contribution is 0.480. The van der Waals surface area contributed by atoms with Gasteiger partial charge >= 0.3 is 0 Å². The van der Waals surface area contributed by atoms with Crippen LogP contribution in [0.1, 0.15) is 30.0 Å². The number of rotatable bonds is 0. The standard InChI is InChI=1S/C11H10FN3/c1-13-9-5-14-11(12)7-4-6-2-3-8(15-6)10(7)9/h5-6,8,15H,2-4H2/t6-,8+/m0/s1. The molecule has 0 unspecified atom stereocenters. The highest BCUT2D eigenvalue weighted by Crippen LogP contribution is 2.41. The van der Waals surface area contributed by atoms with E-state index >= 15 is 0 Å². The van der Waals surface area contributed by atoms with Crippen molar-refractivity contribution in [2.75, 3.05) is 0 Å². The molecule has 1 aromatic rings. The van der Waals surface area contributed by atoms with E-state index in [4.69, 9.17) is 6.57 Å². The Morgan fingerprint density at radius 3 is 3.20 bits per heavy atom. The largest absolute Gasteiger partial charge is 0.308 e. The molecule has 0 radical (unpaired) electrons. The molecular weight excluding hydrogens is 193 g/mol. The summed E-state index contributed by atoms with van der Waals surface area (Å²) in [6, 6.07) is 0.542. The third-order valence-corrected chi connectivity index (χ3v) is 3.31. The zero-order valence-electron chi connectivity index (χ0n) is 8.13. The normalized spacial score (nSPS) is 27.2. The van der Waals surface area contributed by atoms with Crippen molar-refractivity contribution < 1.29 is 4.39 Å². The molecule has 3 heterocycles. The Labute approximate surface area is 87.1 Å². The molecule has 3 rings (SSSR count). The monoisotopic (exact) mass is 203 g/mol. The highest BCUT2D eigenvalue weighted by atomic mass is 19.1. The highest BCUT2D eigenvalue weighted by molar-refractivity contribution is 5.57. The van der Waals surface area contributed by atoms with Gasteiger partial charge in [-0.2, -0.15) is 4.39 Å². The molecule has 1 aromatic heterocycles. The van der Waals surface area contributed by atoms with Crippen LogP contribution in [-0.4, -0.2) is 11.0 Å². The van der Waals surface area contributed by atoms with E-state index in [2.05, 4.69) is 15.1 Å². The minimum atomic E-state index is -0.393. The Hall–Kier alpha value is -1.47. The maximum atomic E-state index is 13.5. The minimum Gasteiger partial charge on any atom is -0.308 e. The van der Waals surface area contributed by atoms with Gasteiger partial charge in [0.2, 0.25) is 11.6 Å². The van der Waals surface area contributed by atoms with Gasteiger partial charge in [-0.1, -0.05) is 0 Å². The van der Waals surface area contributed by atoms with Crippen LogP contribution in [0.5, 0.6) is 0 Å². The van der Waals surface area contributed by atoms with Gasteiger partial charge in [0.25, 0.3) is 0 Å². The SMILES string of the molecule is [C-]#[N+]c1cnc(F)c2c1[C@H]1CC[C@@H](C2)N1. The fourth-order valence-corrected chi connectivity index (χ4v) is 2.66. The van der Waals surface area contributed by atoms with Crippen molar-refractivity contribution in [1.82, 2.24) is 10.3 Å². The second-order valence-corrected chi connectivity index (χ2v) is 4.14. The van der Waals surface area contributed by atoms with Crippen molar-refractivity contribution in [2.24, 2.45) is 0 Å². The summed E-state index contributed by atoms with van der Waals surface area (Å²) < 4.78 is 13.5. The maximum Gasteiger partial charge on any atom is 0.213 e. The van der Waals surface area contributed by atoms with Gasteiger partial charge in [-0.3, -0.25) is 0 Å². The van der Waals surface area contributed by atoms with Crippen LogP contribution in [0.3, 0.4) is 0 Å². The molecular formula is C11H10FN3. The predicted molar refractivity (Wildman–Crippen MR) is 53.1 cm³/mol. The summed E-state index contributed by atoms with van der Waals surface area (Å²) in [6.45, 7) is 7.07. The average molecular weight is 203 g/mol. The van der Waals surface area contributed by atoms with E-state index in [9.17, 15) is 4.39 Å². The predicted octanol–water partition coefficient (Wildman–Crippen LogP) is 2.12. The van der Waals surface area contributed by atoms with E-state index in [1.54, 1.807) is 0 Å². The van der Waals surface area contributed by atoms with Gasteiger partial charge in [0.05, 0.1) is 6.57 Å². The molecule has 0 amide bonds. The Bertz CT molecular complexity index is 464. The molecule has 15 heavy (non-hydrogen) atoms. The molecule has 2 aliphatic rings. The van der Waals surface area contributed by atoms with Crippen LogP contribution in [0.2, 0.25) is 0 Å². The summed E-state index contributed by atoms with van der Waals surface area (Å²) in [5.41, 5.74) is 2.02. The Morgan fingerprint density at radius 2 is 2.40 bits per heavy atom. The highest BCUT2D eigenvalue weighted by Gasteiger charge is 2.35.